The summed E-state index contributed by atoms with van der Waals surface area (Å²) in [6, 6.07) is 2.48. The standard InChI is InChI=1S/C19H23NO6/c1-24-15-9-12(10-16-17(15)26-7-6-25-16)18(21)20-13-5-3-2-4-11(13)8-14(20)19(22)23/h9-11,13-14H,2-8H2,1H3,(H,22,23)/t11-,13-,14+/m1/s1. The SMILES string of the molecule is COc1cc(C(=O)N2[C@@H]3CCCC[C@@H]3C[C@H]2C(=O)O)cc2c1OCCO2. The Kier molecular flexibility index (Phi) is 4.38. The zero-order valence-corrected chi connectivity index (χ0v) is 14.8. The lowest BCUT2D eigenvalue weighted by Crippen LogP contribution is -2.46. The van der Waals surface area contributed by atoms with Crippen molar-refractivity contribution in [2.75, 3.05) is 20.3 Å². The average Bonchev–Trinajstić information content (AvgIpc) is 3.06. The first kappa shape index (κ1) is 17.0. The van der Waals surface area contributed by atoms with Crippen LogP contribution >= 0.6 is 0 Å². The predicted octanol–water partition coefficient (Wildman–Crippen LogP) is 2.32. The molecule has 0 unspecified atom stereocenters. The number of hydrogen-bond acceptors (Lipinski definition) is 5. The van der Waals surface area contributed by atoms with E-state index in [-0.39, 0.29) is 17.9 Å². The lowest BCUT2D eigenvalue weighted by molar-refractivity contribution is -0.141. The number of methoxy groups -OCH3 is 1. The van der Waals surface area contributed by atoms with Crippen LogP contribution in [0.5, 0.6) is 17.2 Å². The van der Waals surface area contributed by atoms with E-state index < -0.39 is 12.0 Å². The predicted molar refractivity (Wildman–Crippen MR) is 91.9 cm³/mol. The first-order chi connectivity index (χ1) is 12.6. The average molecular weight is 361 g/mol. The summed E-state index contributed by atoms with van der Waals surface area (Å²) in [6.45, 7) is 0.827. The first-order valence-corrected chi connectivity index (χ1v) is 9.13. The zero-order valence-electron chi connectivity index (χ0n) is 14.8. The largest absolute Gasteiger partial charge is 0.493 e. The van der Waals surface area contributed by atoms with Crippen LogP contribution in [0.25, 0.3) is 0 Å². The van der Waals surface area contributed by atoms with Gasteiger partial charge in [0.2, 0.25) is 5.75 Å². The van der Waals surface area contributed by atoms with Crippen molar-refractivity contribution < 1.29 is 28.9 Å². The molecule has 140 valence electrons. The summed E-state index contributed by atoms with van der Waals surface area (Å²) in [5.41, 5.74) is 0.378. The van der Waals surface area contributed by atoms with Crippen molar-refractivity contribution in [3.05, 3.63) is 17.7 Å². The maximum absolute atomic E-state index is 13.3. The number of likely N-dealkylation sites (tertiary alicyclic amines) is 1. The second-order valence-corrected chi connectivity index (χ2v) is 7.12. The van der Waals surface area contributed by atoms with Gasteiger partial charge in [0.05, 0.1) is 7.11 Å². The number of ether oxygens (including phenoxy) is 3. The number of hydrogen-bond donors (Lipinski definition) is 1. The molecule has 2 heterocycles. The van der Waals surface area contributed by atoms with Crippen LogP contribution in [0.3, 0.4) is 0 Å². The maximum atomic E-state index is 13.3. The smallest absolute Gasteiger partial charge is 0.326 e. The summed E-state index contributed by atoms with van der Waals surface area (Å²) in [5, 5.41) is 9.66. The summed E-state index contributed by atoms with van der Waals surface area (Å²) >= 11 is 0. The third kappa shape index (κ3) is 2.75. The summed E-state index contributed by atoms with van der Waals surface area (Å²) in [6.07, 6.45) is 4.52. The van der Waals surface area contributed by atoms with Crippen molar-refractivity contribution in [2.24, 2.45) is 5.92 Å². The van der Waals surface area contributed by atoms with Crippen LogP contribution in [0.15, 0.2) is 12.1 Å². The Bertz CT molecular complexity index is 716. The minimum Gasteiger partial charge on any atom is -0.493 e. The minimum absolute atomic E-state index is 0.00320. The maximum Gasteiger partial charge on any atom is 0.326 e. The summed E-state index contributed by atoms with van der Waals surface area (Å²) in [4.78, 5) is 26.6. The number of amides is 1. The third-order valence-corrected chi connectivity index (χ3v) is 5.68. The topological polar surface area (TPSA) is 85.3 Å². The van der Waals surface area contributed by atoms with Gasteiger partial charge in [-0.1, -0.05) is 12.8 Å². The van der Waals surface area contributed by atoms with Gasteiger partial charge in [0.25, 0.3) is 5.91 Å². The molecule has 1 amide bonds. The molecule has 3 aliphatic rings. The van der Waals surface area contributed by atoms with E-state index in [9.17, 15) is 14.7 Å². The number of carbonyl (C=O) groups is 2. The first-order valence-electron chi connectivity index (χ1n) is 9.13. The van der Waals surface area contributed by atoms with E-state index >= 15 is 0 Å². The van der Waals surface area contributed by atoms with E-state index in [1.165, 1.54) is 7.11 Å². The number of fused-ring (bicyclic) bond motifs is 2. The number of carboxylic acids is 1. The molecule has 7 heteroatoms. The van der Waals surface area contributed by atoms with Crippen LogP contribution in [0.1, 0.15) is 42.5 Å². The monoisotopic (exact) mass is 361 g/mol. The molecular formula is C19H23NO6. The van der Waals surface area contributed by atoms with Crippen molar-refractivity contribution in [1.29, 1.82) is 0 Å². The van der Waals surface area contributed by atoms with Gasteiger partial charge in [-0.2, -0.15) is 0 Å². The van der Waals surface area contributed by atoms with E-state index in [4.69, 9.17) is 14.2 Å². The number of carbonyl (C=O) groups excluding carboxylic acids is 1. The Morgan fingerprint density at radius 2 is 1.96 bits per heavy atom. The van der Waals surface area contributed by atoms with E-state index in [1.807, 2.05) is 0 Å². The van der Waals surface area contributed by atoms with Crippen molar-refractivity contribution in [1.82, 2.24) is 4.90 Å². The van der Waals surface area contributed by atoms with Gasteiger partial charge in [0.1, 0.15) is 19.3 Å². The molecule has 4 rings (SSSR count). The summed E-state index contributed by atoms with van der Waals surface area (Å²) in [5.74, 6) is 0.441. The molecule has 0 bridgehead atoms. The van der Waals surface area contributed by atoms with Gasteiger partial charge in [-0.3, -0.25) is 4.79 Å². The summed E-state index contributed by atoms with van der Waals surface area (Å²) < 4.78 is 16.5. The quantitative estimate of drug-likeness (QED) is 0.889. The van der Waals surface area contributed by atoms with Crippen LogP contribution in [0.4, 0.5) is 0 Å². The number of nitrogens with zero attached hydrogens (tertiary/aromatic N) is 1. The number of rotatable bonds is 3. The van der Waals surface area contributed by atoms with Crippen molar-refractivity contribution in [3.63, 3.8) is 0 Å². The molecule has 2 fully saturated rings. The zero-order chi connectivity index (χ0) is 18.3. The molecule has 0 radical (unpaired) electrons. The van der Waals surface area contributed by atoms with Crippen molar-refractivity contribution in [3.8, 4) is 17.2 Å². The van der Waals surface area contributed by atoms with Gasteiger partial charge < -0.3 is 24.2 Å². The third-order valence-electron chi connectivity index (χ3n) is 5.68. The summed E-state index contributed by atoms with van der Waals surface area (Å²) in [7, 11) is 1.51. The Hall–Kier alpha value is -2.44. The van der Waals surface area contributed by atoms with Crippen LogP contribution in [-0.2, 0) is 4.79 Å². The molecule has 1 aliphatic carbocycles. The Morgan fingerprint density at radius 1 is 1.19 bits per heavy atom. The molecule has 2 aliphatic heterocycles. The number of aliphatic carboxylic acids is 1. The van der Waals surface area contributed by atoms with E-state index in [0.717, 1.165) is 25.7 Å². The second-order valence-electron chi connectivity index (χ2n) is 7.12. The molecule has 7 nitrogen and oxygen atoms in total. The van der Waals surface area contributed by atoms with Crippen molar-refractivity contribution in [2.45, 2.75) is 44.2 Å². The number of benzene rings is 1. The van der Waals surface area contributed by atoms with Crippen LogP contribution in [0.2, 0.25) is 0 Å². The minimum atomic E-state index is -0.933. The Morgan fingerprint density at radius 3 is 2.73 bits per heavy atom. The molecular weight excluding hydrogens is 338 g/mol. The van der Waals surface area contributed by atoms with Crippen molar-refractivity contribution >= 4 is 11.9 Å². The molecule has 1 N–H and O–H groups in total. The Balaban J connectivity index is 1.70. The fraction of sp³-hybridized carbons (Fsp3) is 0.579. The van der Waals surface area contributed by atoms with Gasteiger partial charge in [0, 0.05) is 11.6 Å². The van der Waals surface area contributed by atoms with Crippen LogP contribution in [-0.4, -0.2) is 54.3 Å². The molecule has 1 saturated heterocycles. The highest BCUT2D eigenvalue weighted by Gasteiger charge is 2.47. The van der Waals surface area contributed by atoms with Crippen LogP contribution in [0, 0.1) is 5.92 Å². The van der Waals surface area contributed by atoms with E-state index in [2.05, 4.69) is 0 Å². The van der Waals surface area contributed by atoms with Gasteiger partial charge >= 0.3 is 5.97 Å². The fourth-order valence-corrected chi connectivity index (χ4v) is 4.52. The van der Waals surface area contributed by atoms with Gasteiger partial charge in [-0.05, 0) is 37.3 Å². The van der Waals surface area contributed by atoms with Crippen LogP contribution < -0.4 is 14.2 Å². The lowest BCUT2D eigenvalue weighted by Gasteiger charge is -2.33. The normalized spacial score (nSPS) is 27.0. The lowest BCUT2D eigenvalue weighted by atomic mass is 9.84. The van der Waals surface area contributed by atoms with Gasteiger partial charge in [0.15, 0.2) is 11.5 Å². The van der Waals surface area contributed by atoms with E-state index in [0.29, 0.717) is 42.4 Å². The molecule has 3 atom stereocenters. The van der Waals surface area contributed by atoms with E-state index in [1.54, 1.807) is 17.0 Å². The molecule has 1 saturated carbocycles. The molecule has 0 aromatic heterocycles. The van der Waals surface area contributed by atoms with Gasteiger partial charge in [-0.15, -0.1) is 0 Å². The Labute approximate surface area is 151 Å². The fourth-order valence-electron chi connectivity index (χ4n) is 4.52. The number of carboxylic acid groups (broad SMARTS) is 1. The molecule has 1 aromatic rings. The highest BCUT2D eigenvalue weighted by molar-refractivity contribution is 5.98. The van der Waals surface area contributed by atoms with Gasteiger partial charge in [-0.25, -0.2) is 4.79 Å². The highest BCUT2D eigenvalue weighted by atomic mass is 16.6. The second kappa shape index (κ2) is 6.70. The molecule has 0 spiro atoms. The highest BCUT2D eigenvalue weighted by Crippen LogP contribution is 2.43. The molecule has 26 heavy (non-hydrogen) atoms. The molecule has 1 aromatic carbocycles.